The van der Waals surface area contributed by atoms with Gasteiger partial charge in [-0.05, 0) is 19.1 Å². The van der Waals surface area contributed by atoms with Crippen LogP contribution in [-0.2, 0) is 4.79 Å². The van der Waals surface area contributed by atoms with Gasteiger partial charge in [0.25, 0.3) is 0 Å². The molecule has 1 rings (SSSR count). The number of amides is 1. The lowest BCUT2D eigenvalue weighted by molar-refractivity contribution is -0.145. The van der Waals surface area contributed by atoms with E-state index in [0.29, 0.717) is 5.69 Å². The molecule has 0 saturated carbocycles. The number of aliphatic hydroxyl groups excluding tert-OH is 1. The van der Waals surface area contributed by atoms with Crippen LogP contribution in [0.25, 0.3) is 0 Å². The summed E-state index contributed by atoms with van der Waals surface area (Å²) in [4.78, 5) is 19.5. The average molecular weight is 227 g/mol. The van der Waals surface area contributed by atoms with Gasteiger partial charge in [-0.3, -0.25) is 5.32 Å². The molecule has 6 heteroatoms. The third-order valence-electron chi connectivity index (χ3n) is 1.38. The van der Waals surface area contributed by atoms with Gasteiger partial charge in [-0.2, -0.15) is 0 Å². The summed E-state index contributed by atoms with van der Waals surface area (Å²) in [5, 5.41) is 26.2. The summed E-state index contributed by atoms with van der Waals surface area (Å²) in [6.45, 7) is 1.20. The molecule has 0 aliphatic heterocycles. The Morgan fingerprint density at radius 2 is 1.62 bits per heavy atom. The molecule has 1 unspecified atom stereocenters. The molecule has 4 N–H and O–H groups in total. The van der Waals surface area contributed by atoms with Crippen molar-refractivity contribution in [1.82, 2.24) is 0 Å². The van der Waals surface area contributed by atoms with Crippen molar-refractivity contribution in [2.45, 2.75) is 13.0 Å². The molecule has 0 aromatic heterocycles. The van der Waals surface area contributed by atoms with Crippen molar-refractivity contribution in [2.24, 2.45) is 0 Å². The van der Waals surface area contributed by atoms with Gasteiger partial charge in [0, 0.05) is 5.69 Å². The van der Waals surface area contributed by atoms with Crippen molar-refractivity contribution in [3.05, 3.63) is 30.3 Å². The van der Waals surface area contributed by atoms with Gasteiger partial charge >= 0.3 is 12.1 Å². The Bertz CT molecular complexity index is 336. The van der Waals surface area contributed by atoms with Crippen LogP contribution < -0.4 is 5.32 Å². The molecule has 0 saturated heterocycles. The first-order chi connectivity index (χ1) is 7.43. The van der Waals surface area contributed by atoms with E-state index in [0.717, 1.165) is 0 Å². The van der Waals surface area contributed by atoms with E-state index in [2.05, 4.69) is 5.32 Å². The van der Waals surface area contributed by atoms with Crippen molar-refractivity contribution < 1.29 is 24.9 Å². The zero-order chi connectivity index (χ0) is 12.6. The van der Waals surface area contributed by atoms with E-state index in [4.69, 9.17) is 15.3 Å². The number of carbonyl (C=O) groups is 2. The summed E-state index contributed by atoms with van der Waals surface area (Å²) in [5.74, 6) is -1.19. The van der Waals surface area contributed by atoms with Crippen LogP contribution in [0.1, 0.15) is 6.92 Å². The number of benzene rings is 1. The quantitative estimate of drug-likeness (QED) is 0.607. The molecule has 1 aromatic rings. The third-order valence-corrected chi connectivity index (χ3v) is 1.38. The van der Waals surface area contributed by atoms with Gasteiger partial charge in [0.15, 0.2) is 0 Å². The molecule has 0 heterocycles. The number of carboxylic acids is 1. The summed E-state index contributed by atoms with van der Waals surface area (Å²) < 4.78 is 0. The predicted octanol–water partition coefficient (Wildman–Crippen LogP) is 1.23. The maximum Gasteiger partial charge on any atom is 0.409 e. The highest BCUT2D eigenvalue weighted by atomic mass is 16.4. The van der Waals surface area contributed by atoms with Crippen LogP contribution >= 0.6 is 0 Å². The number of anilines is 1. The molecule has 88 valence electrons. The second-order valence-electron chi connectivity index (χ2n) is 2.81. The normalized spacial score (nSPS) is 10.6. The van der Waals surface area contributed by atoms with E-state index in [1.165, 1.54) is 6.92 Å². The molecular formula is C10H13NO5. The van der Waals surface area contributed by atoms with Gasteiger partial charge in [0.1, 0.15) is 6.10 Å². The predicted molar refractivity (Wildman–Crippen MR) is 57.4 cm³/mol. The van der Waals surface area contributed by atoms with Crippen LogP contribution in [0.5, 0.6) is 0 Å². The van der Waals surface area contributed by atoms with Gasteiger partial charge in [0.2, 0.25) is 0 Å². The van der Waals surface area contributed by atoms with Crippen LogP contribution in [0, 0.1) is 0 Å². The molecule has 1 amide bonds. The number of aliphatic hydroxyl groups is 1. The zero-order valence-corrected chi connectivity index (χ0v) is 8.62. The van der Waals surface area contributed by atoms with Gasteiger partial charge in [-0.1, -0.05) is 18.2 Å². The van der Waals surface area contributed by atoms with Crippen LogP contribution in [0.3, 0.4) is 0 Å². The Morgan fingerprint density at radius 3 is 1.94 bits per heavy atom. The van der Waals surface area contributed by atoms with Crippen molar-refractivity contribution in [1.29, 1.82) is 0 Å². The molecule has 1 aromatic carbocycles. The van der Waals surface area contributed by atoms with Crippen molar-refractivity contribution in [2.75, 3.05) is 5.32 Å². The highest BCUT2D eigenvalue weighted by Gasteiger charge is 2.01. The largest absolute Gasteiger partial charge is 0.479 e. The number of aliphatic carboxylic acids is 1. The Morgan fingerprint density at radius 1 is 1.19 bits per heavy atom. The lowest BCUT2D eigenvalue weighted by Gasteiger charge is -1.96. The number of nitrogens with one attached hydrogen (secondary N) is 1. The second-order valence-corrected chi connectivity index (χ2v) is 2.81. The summed E-state index contributed by atoms with van der Waals surface area (Å²) in [6.07, 6.45) is -2.27. The smallest absolute Gasteiger partial charge is 0.409 e. The van der Waals surface area contributed by atoms with Crippen LogP contribution in [0.4, 0.5) is 10.5 Å². The first-order valence-corrected chi connectivity index (χ1v) is 4.39. The first-order valence-electron chi connectivity index (χ1n) is 4.39. The Kier molecular flexibility index (Phi) is 6.30. The van der Waals surface area contributed by atoms with Gasteiger partial charge < -0.3 is 15.3 Å². The number of hydrogen-bond acceptors (Lipinski definition) is 3. The van der Waals surface area contributed by atoms with Crippen LogP contribution in [0.2, 0.25) is 0 Å². The number of rotatable bonds is 2. The Labute approximate surface area is 92.2 Å². The molecule has 0 radical (unpaired) electrons. The highest BCUT2D eigenvalue weighted by Crippen LogP contribution is 2.03. The second kappa shape index (κ2) is 7.24. The van der Waals surface area contributed by atoms with E-state index in [-0.39, 0.29) is 0 Å². The average Bonchev–Trinajstić information content (AvgIpc) is 2.19. The zero-order valence-electron chi connectivity index (χ0n) is 8.62. The topological polar surface area (TPSA) is 107 Å². The van der Waals surface area contributed by atoms with Crippen LogP contribution in [-0.4, -0.2) is 33.5 Å². The Hall–Kier alpha value is -2.08. The SMILES string of the molecule is CC(O)C(=O)O.O=C(O)Nc1ccccc1. The van der Waals surface area contributed by atoms with E-state index in [1.54, 1.807) is 24.3 Å². The summed E-state index contributed by atoms with van der Waals surface area (Å²) in [6, 6.07) is 8.74. The number of carboxylic acid groups (broad SMARTS) is 2. The molecule has 0 aliphatic carbocycles. The molecule has 0 fully saturated rings. The van der Waals surface area contributed by atoms with E-state index >= 15 is 0 Å². The molecule has 6 nitrogen and oxygen atoms in total. The van der Waals surface area contributed by atoms with Crippen molar-refractivity contribution in [3.8, 4) is 0 Å². The van der Waals surface area contributed by atoms with Crippen molar-refractivity contribution in [3.63, 3.8) is 0 Å². The van der Waals surface area contributed by atoms with Crippen LogP contribution in [0.15, 0.2) is 30.3 Å². The maximum atomic E-state index is 10.1. The first kappa shape index (κ1) is 13.9. The minimum atomic E-state index is -1.23. The lowest BCUT2D eigenvalue weighted by Crippen LogP contribution is -2.13. The number of para-hydroxylation sites is 1. The third kappa shape index (κ3) is 7.34. The highest BCUT2D eigenvalue weighted by molar-refractivity contribution is 5.82. The standard InChI is InChI=1S/C7H7NO2.C3H6O3/c9-7(10)8-6-4-2-1-3-5-6;1-2(4)3(5)6/h1-5,8H,(H,9,10);2,4H,1H3,(H,5,6). The van der Waals surface area contributed by atoms with Gasteiger partial charge in [-0.25, -0.2) is 9.59 Å². The molecule has 1 atom stereocenters. The maximum absolute atomic E-state index is 10.1. The summed E-state index contributed by atoms with van der Waals surface area (Å²) in [5.41, 5.74) is 0.593. The Balaban J connectivity index is 0.000000325. The molecule has 0 aliphatic rings. The molecule has 0 bridgehead atoms. The van der Waals surface area contributed by atoms with Gasteiger partial charge in [0.05, 0.1) is 0 Å². The van der Waals surface area contributed by atoms with E-state index < -0.39 is 18.2 Å². The van der Waals surface area contributed by atoms with E-state index in [1.807, 2.05) is 6.07 Å². The van der Waals surface area contributed by atoms with E-state index in [9.17, 15) is 9.59 Å². The molecule has 0 spiro atoms. The summed E-state index contributed by atoms with van der Waals surface area (Å²) in [7, 11) is 0. The monoisotopic (exact) mass is 227 g/mol. The molecule has 16 heavy (non-hydrogen) atoms. The number of hydrogen-bond donors (Lipinski definition) is 4. The lowest BCUT2D eigenvalue weighted by atomic mass is 10.3. The fraction of sp³-hybridized carbons (Fsp3) is 0.200. The molecular weight excluding hydrogens is 214 g/mol. The fourth-order valence-corrected chi connectivity index (χ4v) is 0.645. The minimum absolute atomic E-state index is 0.593. The van der Waals surface area contributed by atoms with Gasteiger partial charge in [-0.15, -0.1) is 0 Å². The minimum Gasteiger partial charge on any atom is -0.479 e. The fourth-order valence-electron chi connectivity index (χ4n) is 0.645. The van der Waals surface area contributed by atoms with Crippen molar-refractivity contribution >= 4 is 17.7 Å². The summed E-state index contributed by atoms with van der Waals surface area (Å²) >= 11 is 0.